The highest BCUT2D eigenvalue weighted by Crippen LogP contribution is 2.33. The first kappa shape index (κ1) is 19.5. The van der Waals surface area contributed by atoms with Gasteiger partial charge in [-0.25, -0.2) is 0 Å². The van der Waals surface area contributed by atoms with Crippen molar-refractivity contribution in [1.82, 2.24) is 0 Å². The fourth-order valence-electron chi connectivity index (χ4n) is 3.94. The molecular weight excluding hydrogens is 280 g/mol. The third kappa shape index (κ3) is 4.47. The Morgan fingerprint density at radius 2 is 1.32 bits per heavy atom. The van der Waals surface area contributed by atoms with Gasteiger partial charge in [-0.3, -0.25) is 0 Å². The van der Waals surface area contributed by atoms with E-state index < -0.39 is 8.07 Å². The third-order valence-electron chi connectivity index (χ3n) is 6.04. The summed E-state index contributed by atoms with van der Waals surface area (Å²) in [6.07, 6.45) is 2.59. The van der Waals surface area contributed by atoms with E-state index >= 15 is 0 Å². The second kappa shape index (κ2) is 8.91. The fraction of sp³-hybridized carbons (Fsp3) is 0.714. The summed E-state index contributed by atoms with van der Waals surface area (Å²) < 4.78 is 0. The summed E-state index contributed by atoms with van der Waals surface area (Å²) in [5.41, 5.74) is 1.57. The maximum atomic E-state index is 2.48. The average molecular weight is 319 g/mol. The molecule has 22 heavy (non-hydrogen) atoms. The molecule has 1 heteroatoms. The van der Waals surface area contributed by atoms with Gasteiger partial charge in [0.25, 0.3) is 0 Å². The van der Waals surface area contributed by atoms with Crippen molar-refractivity contribution < 1.29 is 0 Å². The van der Waals surface area contributed by atoms with E-state index in [2.05, 4.69) is 72.7 Å². The van der Waals surface area contributed by atoms with Crippen molar-refractivity contribution in [2.24, 2.45) is 11.8 Å². The van der Waals surface area contributed by atoms with Crippen LogP contribution >= 0.6 is 0 Å². The van der Waals surface area contributed by atoms with Crippen LogP contribution < -0.4 is 5.19 Å². The van der Waals surface area contributed by atoms with Crippen LogP contribution in [0.25, 0.3) is 0 Å². The van der Waals surface area contributed by atoms with Crippen molar-refractivity contribution in [1.29, 1.82) is 0 Å². The minimum Gasteiger partial charge on any atom is -0.0675 e. The summed E-state index contributed by atoms with van der Waals surface area (Å²) in [4.78, 5) is 0. The largest absolute Gasteiger partial charge is 0.0859 e. The van der Waals surface area contributed by atoms with Crippen molar-refractivity contribution in [2.75, 3.05) is 0 Å². The van der Waals surface area contributed by atoms with Crippen LogP contribution in [-0.2, 0) is 0 Å². The smallest absolute Gasteiger partial charge is 0.0675 e. The number of hydrogen-bond acceptors (Lipinski definition) is 0. The molecule has 0 saturated carbocycles. The van der Waals surface area contributed by atoms with Gasteiger partial charge in [0.05, 0.1) is 8.07 Å². The Hall–Kier alpha value is -0.563. The summed E-state index contributed by atoms with van der Waals surface area (Å²) in [5, 5.41) is 1.68. The Morgan fingerprint density at radius 3 is 1.68 bits per heavy atom. The van der Waals surface area contributed by atoms with Gasteiger partial charge in [0.15, 0.2) is 0 Å². The van der Waals surface area contributed by atoms with Gasteiger partial charge in [-0.1, -0.05) is 102 Å². The highest BCUT2D eigenvalue weighted by molar-refractivity contribution is 6.91. The van der Waals surface area contributed by atoms with Gasteiger partial charge >= 0.3 is 0 Å². The molecule has 0 aliphatic carbocycles. The molecule has 0 aromatic heterocycles. The highest BCUT2D eigenvalue weighted by atomic mass is 28.3. The van der Waals surface area contributed by atoms with Crippen molar-refractivity contribution in [3.8, 4) is 0 Å². The molecule has 0 bridgehead atoms. The van der Waals surface area contributed by atoms with E-state index in [1.165, 1.54) is 31.0 Å². The molecule has 0 N–H and O–H groups in total. The zero-order valence-corrected chi connectivity index (χ0v) is 17.1. The minimum absolute atomic E-state index is 0.722. The minimum atomic E-state index is -1.22. The van der Waals surface area contributed by atoms with E-state index in [1.54, 1.807) is 10.8 Å². The quantitative estimate of drug-likeness (QED) is 0.451. The molecule has 0 amide bonds. The van der Waals surface area contributed by atoms with Gasteiger partial charge in [0.1, 0.15) is 0 Å². The van der Waals surface area contributed by atoms with Crippen LogP contribution in [-0.4, -0.2) is 8.07 Å². The van der Waals surface area contributed by atoms with Crippen LogP contribution in [0, 0.1) is 11.8 Å². The predicted molar refractivity (Wildman–Crippen MR) is 105 cm³/mol. The van der Waals surface area contributed by atoms with Crippen LogP contribution in [0.1, 0.15) is 72.8 Å². The molecule has 0 radical (unpaired) electrons. The van der Waals surface area contributed by atoms with E-state index in [-0.39, 0.29) is 0 Å². The number of hydrogen-bond donors (Lipinski definition) is 0. The Labute approximate surface area is 140 Å². The number of rotatable bonds is 9. The van der Waals surface area contributed by atoms with Crippen LogP contribution in [0.15, 0.2) is 24.3 Å². The molecule has 0 spiro atoms. The van der Waals surface area contributed by atoms with E-state index in [0.717, 1.165) is 17.8 Å². The second-order valence-corrected chi connectivity index (χ2v) is 12.8. The molecule has 126 valence electrons. The molecule has 1 rings (SSSR count). The molecular formula is C21H38Si. The molecule has 0 saturated heterocycles. The monoisotopic (exact) mass is 318 g/mol. The first-order chi connectivity index (χ1) is 10.4. The maximum Gasteiger partial charge on any atom is 0.0859 e. The SMILES string of the molecule is CCC(C)C(CC(C)C)c1ccc([Si](CC)(CC)CC)cc1. The normalized spacial score (nSPS) is 15.1. The zero-order chi connectivity index (χ0) is 16.8. The van der Waals surface area contributed by atoms with E-state index in [1.807, 2.05) is 0 Å². The summed E-state index contributed by atoms with van der Waals surface area (Å²) in [6, 6.07) is 14.0. The highest BCUT2D eigenvalue weighted by Gasteiger charge is 2.29. The van der Waals surface area contributed by atoms with Crippen molar-refractivity contribution in [2.45, 2.75) is 85.4 Å². The molecule has 0 heterocycles. The van der Waals surface area contributed by atoms with E-state index in [4.69, 9.17) is 0 Å². The molecule has 0 aliphatic heterocycles. The lowest BCUT2D eigenvalue weighted by atomic mass is 9.80. The molecule has 1 aromatic rings. The van der Waals surface area contributed by atoms with Crippen molar-refractivity contribution in [3.63, 3.8) is 0 Å². The topological polar surface area (TPSA) is 0 Å². The first-order valence-corrected chi connectivity index (χ1v) is 12.2. The lowest BCUT2D eigenvalue weighted by molar-refractivity contribution is 0.377. The first-order valence-electron chi connectivity index (χ1n) is 9.54. The molecule has 0 aliphatic rings. The van der Waals surface area contributed by atoms with Gasteiger partial charge in [-0.05, 0) is 29.7 Å². The molecule has 0 nitrogen and oxygen atoms in total. The maximum absolute atomic E-state index is 2.48. The van der Waals surface area contributed by atoms with Crippen LogP contribution in [0.3, 0.4) is 0 Å². The number of benzene rings is 1. The summed E-state index contributed by atoms with van der Waals surface area (Å²) >= 11 is 0. The van der Waals surface area contributed by atoms with Crippen molar-refractivity contribution >= 4 is 13.3 Å². The van der Waals surface area contributed by atoms with Crippen LogP contribution in [0.5, 0.6) is 0 Å². The Bertz CT molecular complexity index is 406. The van der Waals surface area contributed by atoms with Gasteiger partial charge in [-0.15, -0.1) is 0 Å². The van der Waals surface area contributed by atoms with Gasteiger partial charge < -0.3 is 0 Å². The average Bonchev–Trinajstić information content (AvgIpc) is 2.54. The van der Waals surface area contributed by atoms with Crippen molar-refractivity contribution in [3.05, 3.63) is 29.8 Å². The molecule has 1 aromatic carbocycles. The lowest BCUT2D eigenvalue weighted by Gasteiger charge is -2.30. The van der Waals surface area contributed by atoms with Crippen LogP contribution in [0.2, 0.25) is 18.1 Å². The Morgan fingerprint density at radius 1 is 0.818 bits per heavy atom. The Kier molecular flexibility index (Phi) is 7.89. The summed E-state index contributed by atoms with van der Waals surface area (Å²) in [6.45, 7) is 16.6. The van der Waals surface area contributed by atoms with E-state index in [0.29, 0.717) is 0 Å². The lowest BCUT2D eigenvalue weighted by Crippen LogP contribution is -2.45. The zero-order valence-electron chi connectivity index (χ0n) is 16.1. The van der Waals surface area contributed by atoms with Gasteiger partial charge in [0.2, 0.25) is 0 Å². The fourth-order valence-corrected chi connectivity index (χ4v) is 7.53. The summed E-state index contributed by atoms with van der Waals surface area (Å²) in [5.74, 6) is 2.27. The second-order valence-electron chi connectivity index (χ2n) is 7.58. The van der Waals surface area contributed by atoms with E-state index in [9.17, 15) is 0 Å². The van der Waals surface area contributed by atoms with Crippen LogP contribution in [0.4, 0.5) is 0 Å². The predicted octanol–water partition coefficient (Wildman–Crippen LogP) is 6.58. The van der Waals surface area contributed by atoms with Gasteiger partial charge in [0, 0.05) is 0 Å². The Balaban J connectivity index is 3.07. The molecule has 0 fully saturated rings. The summed E-state index contributed by atoms with van der Waals surface area (Å²) in [7, 11) is -1.22. The molecule has 2 atom stereocenters. The molecule has 2 unspecified atom stereocenters. The standard InChI is InChI=1S/C21H38Si/c1-8-18(7)21(16-17(5)6)19-12-14-20(15-13-19)22(9-2,10-3)11-4/h12-15,17-18,21H,8-11,16H2,1-7H3. The van der Waals surface area contributed by atoms with Gasteiger partial charge in [-0.2, -0.15) is 0 Å². The third-order valence-corrected chi connectivity index (χ3v) is 11.7.